The number of rotatable bonds is 7. The minimum absolute atomic E-state index is 0.669. The van der Waals surface area contributed by atoms with Gasteiger partial charge in [0.05, 0.1) is 12.2 Å². The Morgan fingerprint density at radius 2 is 2.21 bits per heavy atom. The van der Waals surface area contributed by atoms with Gasteiger partial charge in [-0.1, -0.05) is 31.2 Å². The van der Waals surface area contributed by atoms with E-state index >= 15 is 0 Å². The lowest BCUT2D eigenvalue weighted by Crippen LogP contribution is -2.30. The van der Waals surface area contributed by atoms with Gasteiger partial charge in [-0.05, 0) is 18.9 Å². The normalized spacial score (nSPS) is 16.4. The third-order valence-corrected chi connectivity index (χ3v) is 3.23. The maximum absolute atomic E-state index is 4.19. The molecule has 0 saturated heterocycles. The zero-order valence-corrected chi connectivity index (χ0v) is 12.0. The van der Waals surface area contributed by atoms with Gasteiger partial charge in [0.2, 0.25) is 0 Å². The van der Waals surface area contributed by atoms with Gasteiger partial charge >= 0.3 is 0 Å². The third-order valence-electron chi connectivity index (χ3n) is 3.23. The van der Waals surface area contributed by atoms with E-state index in [0.717, 1.165) is 45.0 Å². The second-order valence-corrected chi connectivity index (χ2v) is 5.56. The number of hydrogen-bond donors (Lipinski definition) is 1. The largest absolute Gasteiger partial charge is 0.311 e. The topological polar surface area (TPSA) is 46.0 Å². The highest BCUT2D eigenvalue weighted by molar-refractivity contribution is 4.93. The molecular weight excluding hydrogens is 238 g/mol. The summed E-state index contributed by atoms with van der Waals surface area (Å²) in [7, 11) is 0. The van der Waals surface area contributed by atoms with E-state index in [2.05, 4.69) is 46.5 Å². The van der Waals surface area contributed by atoms with E-state index in [9.17, 15) is 0 Å². The van der Waals surface area contributed by atoms with Crippen LogP contribution in [-0.2, 0) is 13.1 Å². The minimum Gasteiger partial charge on any atom is -0.311 e. The first-order chi connectivity index (χ1) is 9.24. The van der Waals surface area contributed by atoms with Crippen LogP contribution in [0.4, 0.5) is 0 Å². The number of nitrogens with one attached hydrogen (secondary N) is 1. The van der Waals surface area contributed by atoms with Crippen molar-refractivity contribution in [1.29, 1.82) is 0 Å². The maximum atomic E-state index is 4.19. The zero-order valence-electron chi connectivity index (χ0n) is 12.0. The van der Waals surface area contributed by atoms with Gasteiger partial charge < -0.3 is 5.32 Å². The highest BCUT2D eigenvalue weighted by atomic mass is 15.4. The smallest absolute Gasteiger partial charge is 0.0964 e. The van der Waals surface area contributed by atoms with Crippen molar-refractivity contribution in [3.05, 3.63) is 24.0 Å². The van der Waals surface area contributed by atoms with E-state index in [-0.39, 0.29) is 0 Å². The SMILES string of the molecule is CC(C)CNCc1cn(CCN2CC=CCC2)nn1. The predicted octanol–water partition coefficient (Wildman–Crippen LogP) is 1.29. The number of nitrogens with zero attached hydrogens (tertiary/aromatic N) is 4. The van der Waals surface area contributed by atoms with E-state index in [1.807, 2.05) is 10.9 Å². The molecule has 0 fully saturated rings. The van der Waals surface area contributed by atoms with Crippen molar-refractivity contribution >= 4 is 0 Å². The van der Waals surface area contributed by atoms with Crippen LogP contribution in [0, 0.1) is 5.92 Å². The molecule has 0 unspecified atom stereocenters. The summed E-state index contributed by atoms with van der Waals surface area (Å²) in [5.41, 5.74) is 1.03. The molecule has 2 rings (SSSR count). The quantitative estimate of drug-likeness (QED) is 0.753. The van der Waals surface area contributed by atoms with Crippen molar-refractivity contribution in [3.8, 4) is 0 Å². The molecule has 106 valence electrons. The molecule has 0 atom stereocenters. The summed E-state index contributed by atoms with van der Waals surface area (Å²) >= 11 is 0. The lowest BCUT2D eigenvalue weighted by Gasteiger charge is -2.22. The molecule has 2 heterocycles. The van der Waals surface area contributed by atoms with Crippen LogP contribution < -0.4 is 5.32 Å². The molecule has 0 radical (unpaired) electrons. The summed E-state index contributed by atoms with van der Waals surface area (Å²) in [4.78, 5) is 2.44. The lowest BCUT2D eigenvalue weighted by atomic mass is 10.2. The molecule has 1 aromatic rings. The highest BCUT2D eigenvalue weighted by Crippen LogP contribution is 2.01. The Kier molecular flexibility index (Phi) is 5.54. The van der Waals surface area contributed by atoms with Crippen LogP contribution in [0.2, 0.25) is 0 Å². The summed E-state index contributed by atoms with van der Waals surface area (Å²) in [5, 5.41) is 11.8. The molecule has 5 nitrogen and oxygen atoms in total. The molecule has 1 aromatic heterocycles. The van der Waals surface area contributed by atoms with Crippen molar-refractivity contribution in [3.63, 3.8) is 0 Å². The Morgan fingerprint density at radius 3 is 2.95 bits per heavy atom. The molecule has 0 spiro atoms. The van der Waals surface area contributed by atoms with Gasteiger partial charge in [-0.2, -0.15) is 0 Å². The summed E-state index contributed by atoms with van der Waals surface area (Å²) in [6, 6.07) is 0. The van der Waals surface area contributed by atoms with Gasteiger partial charge in [0.15, 0.2) is 0 Å². The molecule has 1 N–H and O–H groups in total. The fraction of sp³-hybridized carbons (Fsp3) is 0.714. The van der Waals surface area contributed by atoms with Crippen molar-refractivity contribution in [2.24, 2.45) is 5.92 Å². The Hall–Kier alpha value is -1.20. The number of hydrogen-bond acceptors (Lipinski definition) is 4. The maximum Gasteiger partial charge on any atom is 0.0964 e. The summed E-state index contributed by atoms with van der Waals surface area (Å²) < 4.78 is 1.95. The monoisotopic (exact) mass is 263 g/mol. The molecule has 0 amide bonds. The van der Waals surface area contributed by atoms with Crippen LogP contribution >= 0.6 is 0 Å². The van der Waals surface area contributed by atoms with E-state index in [1.54, 1.807) is 0 Å². The van der Waals surface area contributed by atoms with Crippen LogP contribution in [0.3, 0.4) is 0 Å². The summed E-state index contributed by atoms with van der Waals surface area (Å²) in [6.07, 6.45) is 7.71. The summed E-state index contributed by atoms with van der Waals surface area (Å²) in [5.74, 6) is 0.669. The molecule has 5 heteroatoms. The van der Waals surface area contributed by atoms with Crippen LogP contribution in [0.15, 0.2) is 18.3 Å². The van der Waals surface area contributed by atoms with E-state index in [0.29, 0.717) is 5.92 Å². The highest BCUT2D eigenvalue weighted by Gasteiger charge is 2.07. The average Bonchev–Trinajstić information content (AvgIpc) is 2.85. The molecule has 1 aliphatic heterocycles. The molecule has 0 saturated carbocycles. The summed E-state index contributed by atoms with van der Waals surface area (Å²) in [6.45, 7) is 10.4. The Morgan fingerprint density at radius 1 is 1.32 bits per heavy atom. The van der Waals surface area contributed by atoms with Crippen LogP contribution in [-0.4, -0.2) is 46.1 Å². The average molecular weight is 263 g/mol. The first-order valence-electron chi connectivity index (χ1n) is 7.21. The predicted molar refractivity (Wildman–Crippen MR) is 76.8 cm³/mol. The van der Waals surface area contributed by atoms with Crippen LogP contribution in [0.25, 0.3) is 0 Å². The third kappa shape index (κ3) is 5.12. The van der Waals surface area contributed by atoms with Gasteiger partial charge in [0.1, 0.15) is 0 Å². The first kappa shape index (κ1) is 14.2. The van der Waals surface area contributed by atoms with Crippen molar-refractivity contribution < 1.29 is 0 Å². The van der Waals surface area contributed by atoms with E-state index in [4.69, 9.17) is 0 Å². The minimum atomic E-state index is 0.669. The lowest BCUT2D eigenvalue weighted by molar-refractivity contribution is 0.280. The molecule has 0 aromatic carbocycles. The van der Waals surface area contributed by atoms with Gasteiger partial charge in [0, 0.05) is 32.4 Å². The second kappa shape index (κ2) is 7.40. The van der Waals surface area contributed by atoms with Crippen LogP contribution in [0.5, 0.6) is 0 Å². The van der Waals surface area contributed by atoms with Crippen molar-refractivity contribution in [2.75, 3.05) is 26.2 Å². The first-order valence-corrected chi connectivity index (χ1v) is 7.21. The van der Waals surface area contributed by atoms with Crippen molar-refractivity contribution in [1.82, 2.24) is 25.2 Å². The Bertz CT molecular complexity index is 396. The zero-order chi connectivity index (χ0) is 13.5. The number of aromatic nitrogens is 3. The molecule has 19 heavy (non-hydrogen) atoms. The van der Waals surface area contributed by atoms with E-state index in [1.165, 1.54) is 6.42 Å². The molecular formula is C14H25N5. The van der Waals surface area contributed by atoms with Crippen molar-refractivity contribution in [2.45, 2.75) is 33.4 Å². The van der Waals surface area contributed by atoms with Gasteiger partial charge in [-0.25, -0.2) is 0 Å². The standard InChI is InChI=1S/C14H25N5/c1-13(2)10-15-11-14-12-19(17-16-14)9-8-18-6-4-3-5-7-18/h3-4,12-13,15H,5-11H2,1-2H3. The Balaban J connectivity index is 1.69. The van der Waals surface area contributed by atoms with Gasteiger partial charge in [0.25, 0.3) is 0 Å². The van der Waals surface area contributed by atoms with Crippen LogP contribution in [0.1, 0.15) is 26.0 Å². The molecule has 0 aliphatic carbocycles. The molecule has 0 bridgehead atoms. The fourth-order valence-electron chi connectivity index (χ4n) is 2.15. The second-order valence-electron chi connectivity index (χ2n) is 5.56. The van der Waals surface area contributed by atoms with E-state index < -0.39 is 0 Å². The van der Waals surface area contributed by atoms with Gasteiger partial charge in [-0.3, -0.25) is 9.58 Å². The molecule has 1 aliphatic rings. The Labute approximate surface area is 115 Å². The van der Waals surface area contributed by atoms with Gasteiger partial charge in [-0.15, -0.1) is 5.10 Å². The fourth-order valence-corrected chi connectivity index (χ4v) is 2.15.